The van der Waals surface area contributed by atoms with Gasteiger partial charge in [0, 0.05) is 6.42 Å². The van der Waals surface area contributed by atoms with Crippen LogP contribution < -0.4 is 0 Å². The van der Waals surface area contributed by atoms with E-state index in [2.05, 4.69) is 26.5 Å². The lowest BCUT2D eigenvalue weighted by Crippen LogP contribution is -2.49. The summed E-state index contributed by atoms with van der Waals surface area (Å²) in [6.07, 6.45) is 16.0. The Morgan fingerprint density at radius 2 is 1.83 bits per heavy atom. The van der Waals surface area contributed by atoms with Crippen molar-refractivity contribution in [2.75, 3.05) is 0 Å². The van der Waals surface area contributed by atoms with Crippen LogP contribution in [-0.4, -0.2) is 5.78 Å². The van der Waals surface area contributed by atoms with Gasteiger partial charge in [-0.15, -0.1) is 0 Å². The van der Waals surface area contributed by atoms with Crippen LogP contribution in [0.25, 0.3) is 0 Å². The summed E-state index contributed by atoms with van der Waals surface area (Å²) in [6, 6.07) is 0. The lowest BCUT2D eigenvalue weighted by molar-refractivity contribution is -0.117. The molecule has 4 aliphatic carbocycles. The second-order valence-electron chi connectivity index (χ2n) is 8.89. The van der Waals surface area contributed by atoms with Gasteiger partial charge in [0.25, 0.3) is 0 Å². The molecule has 3 saturated carbocycles. The fraction of sp³-hybridized carbons (Fsp3) is 0.682. The molecule has 1 nitrogen and oxygen atoms in total. The van der Waals surface area contributed by atoms with E-state index >= 15 is 0 Å². The van der Waals surface area contributed by atoms with Crippen LogP contribution in [0.4, 0.5) is 0 Å². The van der Waals surface area contributed by atoms with Gasteiger partial charge < -0.3 is 0 Å². The van der Waals surface area contributed by atoms with E-state index in [0.29, 0.717) is 16.6 Å². The Morgan fingerprint density at radius 3 is 2.61 bits per heavy atom. The van der Waals surface area contributed by atoms with Crippen molar-refractivity contribution in [2.24, 2.45) is 28.6 Å². The van der Waals surface area contributed by atoms with Gasteiger partial charge in [-0.3, -0.25) is 4.79 Å². The molecule has 0 heterocycles. The van der Waals surface area contributed by atoms with E-state index in [1.807, 2.05) is 12.2 Å². The molecule has 0 aromatic rings. The minimum atomic E-state index is 0.309. The van der Waals surface area contributed by atoms with Crippen LogP contribution in [0.2, 0.25) is 0 Å². The van der Waals surface area contributed by atoms with Crippen LogP contribution >= 0.6 is 0 Å². The van der Waals surface area contributed by atoms with Crippen LogP contribution in [0, 0.1) is 28.6 Å². The van der Waals surface area contributed by atoms with Gasteiger partial charge in [-0.2, -0.15) is 0 Å². The first-order valence-corrected chi connectivity index (χ1v) is 9.55. The third-order valence-electron chi connectivity index (χ3n) is 8.13. The predicted molar refractivity (Wildman–Crippen MR) is 95.0 cm³/mol. The normalized spacial score (nSPS) is 47.6. The SMILES string of the molecule is C=C/C=C1\CCC2C3CCC4=CC(=O)CCC4(C)C3CCC12C. The topological polar surface area (TPSA) is 17.1 Å². The van der Waals surface area contributed by atoms with Crippen molar-refractivity contribution in [2.45, 2.75) is 65.2 Å². The highest BCUT2D eigenvalue weighted by Gasteiger charge is 2.57. The number of carbonyl (C=O) groups is 1. The predicted octanol–water partition coefficient (Wildman–Crippen LogP) is 5.63. The first-order valence-electron chi connectivity index (χ1n) is 9.55. The summed E-state index contributed by atoms with van der Waals surface area (Å²) < 4.78 is 0. The third-order valence-corrected chi connectivity index (χ3v) is 8.13. The molecule has 0 bridgehead atoms. The Hall–Kier alpha value is -1.11. The molecule has 1 heteroatoms. The summed E-state index contributed by atoms with van der Waals surface area (Å²) in [7, 11) is 0. The van der Waals surface area contributed by atoms with Gasteiger partial charge in [0.05, 0.1) is 0 Å². The lowest BCUT2D eigenvalue weighted by atomic mass is 9.47. The van der Waals surface area contributed by atoms with Gasteiger partial charge in [-0.05, 0) is 79.6 Å². The van der Waals surface area contributed by atoms with Gasteiger partial charge in [0.2, 0.25) is 0 Å². The van der Waals surface area contributed by atoms with E-state index in [1.165, 1.54) is 37.7 Å². The van der Waals surface area contributed by atoms with Gasteiger partial charge in [-0.1, -0.05) is 43.7 Å². The largest absolute Gasteiger partial charge is 0.295 e. The van der Waals surface area contributed by atoms with Crippen LogP contribution in [0.15, 0.2) is 36.0 Å². The monoisotopic (exact) mass is 310 g/mol. The zero-order valence-electron chi connectivity index (χ0n) is 14.7. The molecule has 4 aliphatic rings. The number of carbonyl (C=O) groups excluding carboxylic acids is 1. The summed E-state index contributed by atoms with van der Waals surface area (Å²) in [5.74, 6) is 2.88. The molecule has 124 valence electrons. The molecule has 23 heavy (non-hydrogen) atoms. The molecule has 0 aromatic carbocycles. The highest BCUT2D eigenvalue weighted by Crippen LogP contribution is 2.66. The van der Waals surface area contributed by atoms with Crippen LogP contribution in [0.5, 0.6) is 0 Å². The zero-order chi connectivity index (χ0) is 16.2. The number of allylic oxidation sites excluding steroid dienone is 4. The maximum atomic E-state index is 11.9. The quantitative estimate of drug-likeness (QED) is 0.613. The molecule has 5 atom stereocenters. The van der Waals surface area contributed by atoms with E-state index in [0.717, 1.165) is 37.0 Å². The molecule has 0 aliphatic heterocycles. The molecule has 0 aromatic heterocycles. The summed E-state index contributed by atoms with van der Waals surface area (Å²) in [5.41, 5.74) is 3.86. The molecule has 0 amide bonds. The summed E-state index contributed by atoms with van der Waals surface area (Å²) in [4.78, 5) is 11.9. The molecule has 0 spiro atoms. The standard InChI is InChI=1S/C22H30O/c1-4-5-15-7-9-19-18-8-6-16-14-17(23)10-12-22(16,3)20(18)11-13-21(15,19)2/h4-5,14,18-20H,1,6-13H2,2-3H3/b15-5+. The fourth-order valence-electron chi connectivity index (χ4n) is 6.82. The number of rotatable bonds is 1. The van der Waals surface area contributed by atoms with E-state index in [-0.39, 0.29) is 0 Å². The lowest BCUT2D eigenvalue weighted by Gasteiger charge is -2.57. The first kappa shape index (κ1) is 15.4. The Labute approximate surface area is 140 Å². The highest BCUT2D eigenvalue weighted by atomic mass is 16.1. The van der Waals surface area contributed by atoms with Crippen molar-refractivity contribution in [3.63, 3.8) is 0 Å². The average Bonchev–Trinajstić information content (AvgIpc) is 2.85. The number of hydrogen-bond donors (Lipinski definition) is 0. The zero-order valence-corrected chi connectivity index (χ0v) is 14.7. The third kappa shape index (κ3) is 2.08. The highest BCUT2D eigenvalue weighted by molar-refractivity contribution is 5.91. The fourth-order valence-corrected chi connectivity index (χ4v) is 6.82. The van der Waals surface area contributed by atoms with Crippen molar-refractivity contribution in [1.29, 1.82) is 0 Å². The van der Waals surface area contributed by atoms with E-state index in [4.69, 9.17) is 0 Å². The van der Waals surface area contributed by atoms with Gasteiger partial charge in [0.15, 0.2) is 5.78 Å². The molecule has 3 fully saturated rings. The Kier molecular flexibility index (Phi) is 3.48. The number of ketones is 1. The van der Waals surface area contributed by atoms with Crippen LogP contribution in [0.1, 0.15) is 65.2 Å². The molecule has 0 saturated heterocycles. The molecule has 0 radical (unpaired) electrons. The molecule has 4 rings (SSSR count). The van der Waals surface area contributed by atoms with E-state index in [9.17, 15) is 4.79 Å². The molecule has 0 N–H and O–H groups in total. The smallest absolute Gasteiger partial charge is 0.155 e. The molecule has 5 unspecified atom stereocenters. The minimum absolute atomic E-state index is 0.309. The maximum absolute atomic E-state index is 11.9. The summed E-state index contributed by atoms with van der Waals surface area (Å²) in [5, 5.41) is 0. The Bertz CT molecular complexity index is 609. The minimum Gasteiger partial charge on any atom is -0.295 e. The van der Waals surface area contributed by atoms with Crippen molar-refractivity contribution in [3.8, 4) is 0 Å². The van der Waals surface area contributed by atoms with Gasteiger partial charge in [-0.25, -0.2) is 0 Å². The molecular formula is C22H30O. The second kappa shape index (κ2) is 5.19. The summed E-state index contributed by atoms with van der Waals surface area (Å²) >= 11 is 0. The summed E-state index contributed by atoms with van der Waals surface area (Å²) in [6.45, 7) is 8.93. The molecular weight excluding hydrogens is 280 g/mol. The van der Waals surface area contributed by atoms with Gasteiger partial charge >= 0.3 is 0 Å². The Balaban J connectivity index is 1.68. The Morgan fingerprint density at radius 1 is 1.04 bits per heavy atom. The van der Waals surface area contributed by atoms with Crippen molar-refractivity contribution < 1.29 is 4.79 Å². The first-order chi connectivity index (χ1) is 11.0. The van der Waals surface area contributed by atoms with Gasteiger partial charge in [0.1, 0.15) is 0 Å². The van der Waals surface area contributed by atoms with Crippen molar-refractivity contribution in [1.82, 2.24) is 0 Å². The maximum Gasteiger partial charge on any atom is 0.155 e. The van der Waals surface area contributed by atoms with Crippen molar-refractivity contribution >= 4 is 5.78 Å². The second-order valence-corrected chi connectivity index (χ2v) is 8.89. The average molecular weight is 310 g/mol. The van der Waals surface area contributed by atoms with Crippen molar-refractivity contribution in [3.05, 3.63) is 36.0 Å². The number of fused-ring (bicyclic) bond motifs is 5. The van der Waals surface area contributed by atoms with E-state index in [1.54, 1.807) is 5.57 Å². The van der Waals surface area contributed by atoms with Crippen LogP contribution in [0.3, 0.4) is 0 Å². The van der Waals surface area contributed by atoms with Crippen LogP contribution in [-0.2, 0) is 4.79 Å². The number of hydrogen-bond acceptors (Lipinski definition) is 1. The van der Waals surface area contributed by atoms with E-state index < -0.39 is 0 Å².